The SMILES string of the molecule is CCSc1nc2cc(C(F)(F)F)ccc2cc1C(=O)NCc1cccs1. The summed E-state index contributed by atoms with van der Waals surface area (Å²) in [6.07, 6.45) is -4.43. The van der Waals surface area contributed by atoms with Gasteiger partial charge in [-0.05, 0) is 35.4 Å². The number of pyridine rings is 1. The summed E-state index contributed by atoms with van der Waals surface area (Å²) in [6, 6.07) is 8.79. The summed E-state index contributed by atoms with van der Waals surface area (Å²) in [6.45, 7) is 2.30. The molecule has 136 valence electrons. The van der Waals surface area contributed by atoms with Crippen molar-refractivity contribution in [1.82, 2.24) is 10.3 Å². The van der Waals surface area contributed by atoms with E-state index in [9.17, 15) is 18.0 Å². The Labute approximate surface area is 156 Å². The molecule has 2 aromatic heterocycles. The first-order chi connectivity index (χ1) is 12.4. The van der Waals surface area contributed by atoms with E-state index >= 15 is 0 Å². The van der Waals surface area contributed by atoms with Crippen LogP contribution in [0.4, 0.5) is 13.2 Å². The summed E-state index contributed by atoms with van der Waals surface area (Å²) in [5, 5.41) is 5.70. The van der Waals surface area contributed by atoms with Gasteiger partial charge in [0.05, 0.1) is 23.2 Å². The first-order valence-electron chi connectivity index (χ1n) is 7.84. The standard InChI is InChI=1S/C18H15F3N2OS2/c1-2-25-17-14(16(24)22-10-13-4-3-7-26-13)8-11-5-6-12(18(19,20)21)9-15(11)23-17/h3-9H,2,10H2,1H3,(H,22,24). The Morgan fingerprint density at radius 1 is 1.27 bits per heavy atom. The molecule has 0 aliphatic carbocycles. The maximum absolute atomic E-state index is 12.9. The van der Waals surface area contributed by atoms with Gasteiger partial charge in [0.25, 0.3) is 5.91 Å². The van der Waals surface area contributed by atoms with Crippen molar-refractivity contribution >= 4 is 39.9 Å². The Morgan fingerprint density at radius 3 is 2.73 bits per heavy atom. The largest absolute Gasteiger partial charge is 0.416 e. The molecule has 8 heteroatoms. The van der Waals surface area contributed by atoms with Gasteiger partial charge in [-0.2, -0.15) is 13.2 Å². The van der Waals surface area contributed by atoms with E-state index in [0.29, 0.717) is 28.3 Å². The predicted molar refractivity (Wildman–Crippen MR) is 98.6 cm³/mol. The number of hydrogen-bond donors (Lipinski definition) is 1. The maximum Gasteiger partial charge on any atom is 0.416 e. The van der Waals surface area contributed by atoms with Gasteiger partial charge in [-0.25, -0.2) is 4.98 Å². The molecule has 0 unspecified atom stereocenters. The van der Waals surface area contributed by atoms with E-state index in [0.717, 1.165) is 17.0 Å². The zero-order chi connectivity index (χ0) is 18.7. The third kappa shape index (κ3) is 4.19. The quantitative estimate of drug-likeness (QED) is 0.591. The number of thioether (sulfide) groups is 1. The van der Waals surface area contributed by atoms with Gasteiger partial charge < -0.3 is 5.32 Å². The number of fused-ring (bicyclic) bond motifs is 1. The molecule has 0 saturated heterocycles. The van der Waals surface area contributed by atoms with Crippen molar-refractivity contribution in [1.29, 1.82) is 0 Å². The van der Waals surface area contributed by atoms with Crippen LogP contribution in [0, 0.1) is 0 Å². The van der Waals surface area contributed by atoms with Gasteiger partial charge in [0.2, 0.25) is 0 Å². The molecule has 0 saturated carbocycles. The van der Waals surface area contributed by atoms with Gasteiger partial charge in [0.1, 0.15) is 5.03 Å². The summed E-state index contributed by atoms with van der Waals surface area (Å²) in [5.74, 6) is 0.367. The lowest BCUT2D eigenvalue weighted by Crippen LogP contribution is -2.23. The number of nitrogens with zero attached hydrogens (tertiary/aromatic N) is 1. The number of rotatable bonds is 5. The lowest BCUT2D eigenvalue weighted by molar-refractivity contribution is -0.137. The molecular formula is C18H15F3N2OS2. The van der Waals surface area contributed by atoms with Crippen LogP contribution in [-0.4, -0.2) is 16.6 Å². The third-order valence-corrected chi connectivity index (χ3v) is 5.39. The zero-order valence-corrected chi connectivity index (χ0v) is 15.4. The first kappa shape index (κ1) is 18.7. The van der Waals surface area contributed by atoms with Gasteiger partial charge in [-0.15, -0.1) is 23.1 Å². The van der Waals surface area contributed by atoms with Crippen LogP contribution in [0.15, 0.2) is 46.8 Å². The number of nitrogens with one attached hydrogen (secondary N) is 1. The van der Waals surface area contributed by atoms with E-state index in [-0.39, 0.29) is 11.4 Å². The fourth-order valence-corrected chi connectivity index (χ4v) is 3.80. The smallest absolute Gasteiger partial charge is 0.347 e. The molecule has 0 atom stereocenters. The number of carbonyl (C=O) groups excluding carboxylic acids is 1. The van der Waals surface area contributed by atoms with Crippen LogP contribution in [0.2, 0.25) is 0 Å². The molecule has 2 heterocycles. The lowest BCUT2D eigenvalue weighted by Gasteiger charge is -2.12. The molecule has 0 bridgehead atoms. The van der Waals surface area contributed by atoms with Crippen molar-refractivity contribution in [2.24, 2.45) is 0 Å². The van der Waals surface area contributed by atoms with Crippen molar-refractivity contribution in [3.63, 3.8) is 0 Å². The normalized spacial score (nSPS) is 11.7. The monoisotopic (exact) mass is 396 g/mol. The zero-order valence-electron chi connectivity index (χ0n) is 13.8. The molecule has 26 heavy (non-hydrogen) atoms. The predicted octanol–water partition coefficient (Wildman–Crippen LogP) is 5.36. The number of carbonyl (C=O) groups is 1. The summed E-state index contributed by atoms with van der Waals surface area (Å²) in [4.78, 5) is 17.9. The molecule has 0 spiro atoms. The van der Waals surface area contributed by atoms with Crippen LogP contribution in [0.3, 0.4) is 0 Å². The Hall–Kier alpha value is -2.06. The lowest BCUT2D eigenvalue weighted by atomic mass is 10.1. The second-order valence-electron chi connectivity index (χ2n) is 5.44. The van der Waals surface area contributed by atoms with Crippen LogP contribution in [0.5, 0.6) is 0 Å². The van der Waals surface area contributed by atoms with Crippen LogP contribution in [0.1, 0.15) is 27.7 Å². The highest BCUT2D eigenvalue weighted by molar-refractivity contribution is 7.99. The maximum atomic E-state index is 12.9. The minimum Gasteiger partial charge on any atom is -0.347 e. The van der Waals surface area contributed by atoms with Gasteiger partial charge in [-0.1, -0.05) is 19.1 Å². The molecular weight excluding hydrogens is 381 g/mol. The Balaban J connectivity index is 1.95. The van der Waals surface area contributed by atoms with Gasteiger partial charge in [-0.3, -0.25) is 4.79 Å². The van der Waals surface area contributed by atoms with Gasteiger partial charge in [0.15, 0.2) is 0 Å². The van der Waals surface area contributed by atoms with Crippen LogP contribution in [-0.2, 0) is 12.7 Å². The number of hydrogen-bond acceptors (Lipinski definition) is 4. The molecule has 1 amide bonds. The van der Waals surface area contributed by atoms with E-state index in [4.69, 9.17) is 0 Å². The van der Waals surface area contributed by atoms with E-state index in [1.807, 2.05) is 24.4 Å². The minimum atomic E-state index is -4.43. The van der Waals surface area contributed by atoms with E-state index in [2.05, 4.69) is 10.3 Å². The van der Waals surface area contributed by atoms with E-state index in [1.54, 1.807) is 6.07 Å². The number of alkyl halides is 3. The Bertz CT molecular complexity index is 924. The van der Waals surface area contributed by atoms with Gasteiger partial charge >= 0.3 is 6.18 Å². The van der Waals surface area contributed by atoms with Crippen LogP contribution >= 0.6 is 23.1 Å². The molecule has 0 fully saturated rings. The fraction of sp³-hybridized carbons (Fsp3) is 0.222. The van der Waals surface area contributed by atoms with Crippen LogP contribution in [0.25, 0.3) is 10.9 Å². The van der Waals surface area contributed by atoms with Crippen molar-refractivity contribution in [3.8, 4) is 0 Å². The molecule has 3 aromatic rings. The number of amides is 1. The molecule has 3 rings (SSSR count). The first-order valence-corrected chi connectivity index (χ1v) is 9.70. The molecule has 0 aliphatic heterocycles. The Kier molecular flexibility index (Phi) is 5.52. The van der Waals surface area contributed by atoms with Crippen molar-refractivity contribution < 1.29 is 18.0 Å². The van der Waals surface area contributed by atoms with Crippen LogP contribution < -0.4 is 5.32 Å². The summed E-state index contributed by atoms with van der Waals surface area (Å²) in [5.41, 5.74) is -0.147. The third-order valence-electron chi connectivity index (χ3n) is 3.64. The summed E-state index contributed by atoms with van der Waals surface area (Å²) >= 11 is 2.87. The highest BCUT2D eigenvalue weighted by Crippen LogP contribution is 2.32. The summed E-state index contributed by atoms with van der Waals surface area (Å²) < 4.78 is 38.7. The topological polar surface area (TPSA) is 42.0 Å². The molecule has 1 N–H and O–H groups in total. The van der Waals surface area contributed by atoms with E-state index in [1.165, 1.54) is 29.2 Å². The van der Waals surface area contributed by atoms with Crippen molar-refractivity contribution in [3.05, 3.63) is 57.8 Å². The number of aromatic nitrogens is 1. The second kappa shape index (κ2) is 7.67. The average Bonchev–Trinajstić information content (AvgIpc) is 3.11. The molecule has 0 radical (unpaired) electrons. The average molecular weight is 396 g/mol. The van der Waals surface area contributed by atoms with Gasteiger partial charge in [0, 0.05) is 10.3 Å². The van der Waals surface area contributed by atoms with Crippen molar-refractivity contribution in [2.45, 2.75) is 24.7 Å². The minimum absolute atomic E-state index is 0.227. The molecule has 3 nitrogen and oxygen atoms in total. The summed E-state index contributed by atoms with van der Waals surface area (Å²) in [7, 11) is 0. The number of halogens is 3. The number of benzene rings is 1. The highest BCUT2D eigenvalue weighted by Gasteiger charge is 2.30. The Morgan fingerprint density at radius 2 is 2.08 bits per heavy atom. The highest BCUT2D eigenvalue weighted by atomic mass is 32.2. The second-order valence-corrected chi connectivity index (χ2v) is 7.73. The molecule has 0 aliphatic rings. The molecule has 1 aromatic carbocycles. The fourth-order valence-electron chi connectivity index (χ4n) is 2.41. The number of thiophene rings is 1. The van der Waals surface area contributed by atoms with Crippen molar-refractivity contribution in [2.75, 3.05) is 5.75 Å². The van der Waals surface area contributed by atoms with E-state index < -0.39 is 11.7 Å².